The molecule has 264 valence electrons. The first-order valence-electron chi connectivity index (χ1n) is 21.0. The molecule has 1 nitrogen and oxygen atoms in total. The maximum absolute atomic E-state index is 3.09. The van der Waals surface area contributed by atoms with Crippen LogP contribution in [-0.4, -0.2) is 17.0 Å². The van der Waals surface area contributed by atoms with Crippen molar-refractivity contribution in [3.05, 3.63) is 125 Å². The minimum Gasteiger partial charge on any atom is -0.366 e. The van der Waals surface area contributed by atoms with Crippen molar-refractivity contribution in [2.45, 2.75) is 121 Å². The van der Waals surface area contributed by atoms with E-state index in [1.165, 1.54) is 102 Å². The van der Waals surface area contributed by atoms with Crippen LogP contribution < -0.4 is 0 Å². The van der Waals surface area contributed by atoms with Crippen molar-refractivity contribution in [2.24, 2.45) is 23.2 Å². The van der Waals surface area contributed by atoms with Crippen molar-refractivity contribution in [3.8, 4) is 33.4 Å². The van der Waals surface area contributed by atoms with Crippen LogP contribution in [0.3, 0.4) is 0 Å². The van der Waals surface area contributed by atoms with E-state index in [1.807, 2.05) is 0 Å². The molecule has 4 unspecified atom stereocenters. The third-order valence-corrected chi connectivity index (χ3v) is 16.2. The molecule has 8 aliphatic carbocycles. The van der Waals surface area contributed by atoms with Crippen LogP contribution in [0.4, 0.5) is 0 Å². The second-order valence-corrected chi connectivity index (χ2v) is 18.8. The fraction of sp³-hybridized carbons (Fsp3) is 0.451. The van der Waals surface area contributed by atoms with Crippen LogP contribution in [0.25, 0.3) is 39.0 Å². The molecule has 1 heteroatoms. The molecule has 8 aliphatic rings. The summed E-state index contributed by atoms with van der Waals surface area (Å²) in [5.41, 5.74) is 18.7. The lowest BCUT2D eigenvalue weighted by Crippen LogP contribution is -2.62. The molecule has 1 spiro atoms. The van der Waals surface area contributed by atoms with Gasteiger partial charge in [-0.2, -0.15) is 0 Å². The smallest absolute Gasteiger partial charge is 0.0354 e. The Morgan fingerprint density at radius 1 is 0.750 bits per heavy atom. The lowest BCUT2D eigenvalue weighted by Gasteiger charge is -2.63. The van der Waals surface area contributed by atoms with E-state index in [0.29, 0.717) is 29.3 Å². The molecule has 0 heterocycles. The van der Waals surface area contributed by atoms with Gasteiger partial charge in [0.25, 0.3) is 0 Å². The zero-order valence-corrected chi connectivity index (χ0v) is 31.8. The van der Waals surface area contributed by atoms with Gasteiger partial charge in [0.1, 0.15) is 0 Å². The zero-order valence-electron chi connectivity index (χ0n) is 31.8. The second-order valence-electron chi connectivity index (χ2n) is 18.8. The largest absolute Gasteiger partial charge is 0.366 e. The SMILES string of the molecule is C[C@H](CCC1CC(C)(C)c2ccccc21)N(C1=CC[C@@H]2C(=C1)c1c3cccc1-c1cccc2c1-c1ccccc1-3)C1CCCC2[C@H]3CCCC13[C@H]2C. The number of nitrogens with zero attached hydrogens (tertiary/aromatic N) is 1. The Morgan fingerprint density at radius 2 is 1.46 bits per heavy atom. The van der Waals surface area contributed by atoms with Crippen molar-refractivity contribution in [2.75, 3.05) is 0 Å². The van der Waals surface area contributed by atoms with E-state index in [4.69, 9.17) is 0 Å². The number of hydrogen-bond acceptors (Lipinski definition) is 1. The van der Waals surface area contributed by atoms with Gasteiger partial charge in [0.05, 0.1) is 0 Å². The Balaban J connectivity index is 1.04. The van der Waals surface area contributed by atoms with E-state index in [9.17, 15) is 0 Å². The average molecular weight is 682 g/mol. The Bertz CT molecular complexity index is 2160. The van der Waals surface area contributed by atoms with E-state index in [0.717, 1.165) is 24.2 Å². The Morgan fingerprint density at radius 3 is 2.33 bits per heavy atom. The first-order chi connectivity index (χ1) is 25.4. The minimum absolute atomic E-state index is 0.271. The third kappa shape index (κ3) is 4.18. The van der Waals surface area contributed by atoms with Gasteiger partial charge in [0, 0.05) is 23.7 Å². The summed E-state index contributed by atoms with van der Waals surface area (Å²) in [7, 11) is 0. The first-order valence-corrected chi connectivity index (χ1v) is 21.0. The van der Waals surface area contributed by atoms with Crippen molar-refractivity contribution in [1.29, 1.82) is 0 Å². The van der Waals surface area contributed by atoms with Gasteiger partial charge in [-0.25, -0.2) is 0 Å². The minimum atomic E-state index is 0.271. The van der Waals surface area contributed by atoms with Crippen molar-refractivity contribution in [3.63, 3.8) is 0 Å². The summed E-state index contributed by atoms with van der Waals surface area (Å²) in [5, 5.41) is 0. The van der Waals surface area contributed by atoms with Gasteiger partial charge in [-0.15, -0.1) is 0 Å². The molecule has 0 saturated heterocycles. The average Bonchev–Trinajstić information content (AvgIpc) is 3.53. The van der Waals surface area contributed by atoms with E-state index in [1.54, 1.807) is 22.4 Å². The van der Waals surface area contributed by atoms with Gasteiger partial charge in [0.15, 0.2) is 0 Å². The van der Waals surface area contributed by atoms with Crippen LogP contribution in [0.2, 0.25) is 0 Å². The predicted octanol–water partition coefficient (Wildman–Crippen LogP) is 13.3. The maximum atomic E-state index is 3.09. The molecule has 0 amide bonds. The fourth-order valence-corrected chi connectivity index (χ4v) is 14.2. The van der Waals surface area contributed by atoms with Crippen LogP contribution in [-0.2, 0) is 5.41 Å². The number of benzene rings is 4. The molecule has 12 rings (SSSR count). The van der Waals surface area contributed by atoms with Gasteiger partial charge >= 0.3 is 0 Å². The number of allylic oxidation sites excluding steroid dienone is 3. The van der Waals surface area contributed by atoms with Gasteiger partial charge in [0.2, 0.25) is 0 Å². The lowest BCUT2D eigenvalue weighted by atomic mass is 9.46. The van der Waals surface area contributed by atoms with Crippen LogP contribution >= 0.6 is 0 Å². The van der Waals surface area contributed by atoms with Crippen LogP contribution in [0.1, 0.15) is 126 Å². The normalized spacial score (nSPS) is 31.4. The number of hydrogen-bond donors (Lipinski definition) is 0. The fourth-order valence-electron chi connectivity index (χ4n) is 14.2. The predicted molar refractivity (Wildman–Crippen MR) is 217 cm³/mol. The topological polar surface area (TPSA) is 3.24 Å². The Kier molecular flexibility index (Phi) is 6.90. The summed E-state index contributed by atoms with van der Waals surface area (Å²) < 4.78 is 0. The summed E-state index contributed by atoms with van der Waals surface area (Å²) in [6, 6.07) is 34.1. The molecule has 8 bridgehead atoms. The van der Waals surface area contributed by atoms with E-state index >= 15 is 0 Å². The molecular formula is C51H55N. The van der Waals surface area contributed by atoms with Crippen molar-refractivity contribution in [1.82, 2.24) is 4.90 Å². The molecular weight excluding hydrogens is 627 g/mol. The van der Waals surface area contributed by atoms with Crippen LogP contribution in [0, 0.1) is 23.2 Å². The Labute approximate surface area is 312 Å². The highest BCUT2D eigenvalue weighted by Gasteiger charge is 2.66. The van der Waals surface area contributed by atoms with E-state index < -0.39 is 0 Å². The molecule has 0 radical (unpaired) electrons. The maximum Gasteiger partial charge on any atom is 0.0354 e. The molecule has 8 atom stereocenters. The molecule has 4 aromatic rings. The molecule has 4 fully saturated rings. The summed E-state index contributed by atoms with van der Waals surface area (Å²) in [6.07, 6.45) is 18.9. The van der Waals surface area contributed by atoms with Crippen molar-refractivity contribution < 1.29 is 0 Å². The zero-order chi connectivity index (χ0) is 34.9. The Hall–Kier alpha value is -3.84. The highest BCUT2D eigenvalue weighted by atomic mass is 15.2. The van der Waals surface area contributed by atoms with Crippen LogP contribution in [0.5, 0.6) is 0 Å². The van der Waals surface area contributed by atoms with Crippen molar-refractivity contribution >= 4 is 5.57 Å². The van der Waals surface area contributed by atoms with Crippen LogP contribution in [0.15, 0.2) is 103 Å². The van der Waals surface area contributed by atoms with E-state index in [-0.39, 0.29) is 5.41 Å². The number of fused-ring (bicyclic) bond motifs is 8. The van der Waals surface area contributed by atoms with Gasteiger partial charge in [-0.3, -0.25) is 0 Å². The van der Waals surface area contributed by atoms with E-state index in [2.05, 4.69) is 130 Å². The van der Waals surface area contributed by atoms with Gasteiger partial charge in [-0.1, -0.05) is 125 Å². The quantitative estimate of drug-likeness (QED) is 0.172. The highest BCUT2D eigenvalue weighted by Crippen LogP contribution is 2.71. The molecule has 0 aromatic heterocycles. The third-order valence-electron chi connectivity index (χ3n) is 16.2. The summed E-state index contributed by atoms with van der Waals surface area (Å²) in [4.78, 5) is 3.09. The molecule has 4 saturated carbocycles. The van der Waals surface area contributed by atoms with Gasteiger partial charge < -0.3 is 4.90 Å². The highest BCUT2D eigenvalue weighted by molar-refractivity contribution is 6.08. The molecule has 52 heavy (non-hydrogen) atoms. The second kappa shape index (κ2) is 11.3. The summed E-state index contributed by atoms with van der Waals surface area (Å²) in [6.45, 7) is 10.2. The molecule has 0 aliphatic heterocycles. The molecule has 0 N–H and O–H groups in total. The summed E-state index contributed by atoms with van der Waals surface area (Å²) >= 11 is 0. The number of rotatable bonds is 6. The standard InChI is InChI=1S/C51H55N/c1-31(24-25-33-30-50(3,4)45-21-8-7-13-36(33)45)52(47-23-11-16-35-32(2)51(47)28-12-22-46(35)51)34-26-27-38-41-18-10-19-42-43-20-9-17-40(49(43)44(38)29-34)37-14-5-6-15-39(37)48(41)42/h5-10,13-15,17-21,26,29,31-33,35,38,46-47H,11-12,16,22-25,27-28,30H2,1-4H3/t31-,32+,33?,35?,38+,46-,47?,51?/m1/s1. The summed E-state index contributed by atoms with van der Waals surface area (Å²) in [5.74, 6) is 3.81. The first kappa shape index (κ1) is 31.7. The lowest BCUT2D eigenvalue weighted by molar-refractivity contribution is -0.133. The molecule has 4 aromatic carbocycles. The van der Waals surface area contributed by atoms with Gasteiger partial charge in [-0.05, 0) is 160 Å². The monoisotopic (exact) mass is 681 g/mol.